The molecule has 17 heavy (non-hydrogen) atoms. The van der Waals surface area contributed by atoms with E-state index in [4.69, 9.17) is 0 Å². The van der Waals surface area contributed by atoms with Crippen LogP contribution in [-0.2, 0) is 7.05 Å². The van der Waals surface area contributed by atoms with Gasteiger partial charge in [-0.25, -0.2) is 13.8 Å². The third-order valence-corrected chi connectivity index (χ3v) is 2.62. The van der Waals surface area contributed by atoms with E-state index in [1.807, 2.05) is 11.6 Å². The van der Waals surface area contributed by atoms with E-state index in [1.165, 1.54) is 12.1 Å². The maximum absolute atomic E-state index is 13.2. The van der Waals surface area contributed by atoms with Gasteiger partial charge in [-0.15, -0.1) is 0 Å². The molecule has 1 aromatic heterocycles. The van der Waals surface area contributed by atoms with E-state index in [0.29, 0.717) is 11.4 Å². The maximum Gasteiger partial charge on any atom is 0.130 e. The van der Waals surface area contributed by atoms with Crippen molar-refractivity contribution < 1.29 is 8.78 Å². The molecule has 0 aliphatic carbocycles. The van der Waals surface area contributed by atoms with Gasteiger partial charge < -0.3 is 9.88 Å². The van der Waals surface area contributed by atoms with Crippen LogP contribution in [0.5, 0.6) is 0 Å². The number of hydrogen-bond acceptors (Lipinski definition) is 2. The fraction of sp³-hybridized carbons (Fsp3) is 0.250. The van der Waals surface area contributed by atoms with Gasteiger partial charge >= 0.3 is 0 Å². The second-order valence-electron chi connectivity index (χ2n) is 3.82. The molecule has 0 bridgehead atoms. The first-order valence-electron chi connectivity index (χ1n) is 5.22. The minimum atomic E-state index is -0.588. The van der Waals surface area contributed by atoms with Crippen LogP contribution in [0.1, 0.15) is 17.4 Å². The molecule has 2 rings (SSSR count). The molecular weight excluding hydrogens is 224 g/mol. The van der Waals surface area contributed by atoms with Crippen LogP contribution in [0.3, 0.4) is 0 Å². The molecule has 0 amide bonds. The molecule has 3 nitrogen and oxygen atoms in total. The lowest BCUT2D eigenvalue weighted by molar-refractivity contribution is 0.562. The van der Waals surface area contributed by atoms with Crippen molar-refractivity contribution in [1.29, 1.82) is 0 Å². The number of nitrogens with zero attached hydrogens (tertiary/aromatic N) is 2. The minimum absolute atomic E-state index is 0.333. The molecule has 1 heterocycles. The molecule has 5 heteroatoms. The van der Waals surface area contributed by atoms with Crippen molar-refractivity contribution in [3.63, 3.8) is 0 Å². The number of halogens is 2. The highest BCUT2D eigenvalue weighted by molar-refractivity contribution is 5.26. The first-order chi connectivity index (χ1) is 8.11. The zero-order chi connectivity index (χ0) is 12.4. The molecule has 1 unspecified atom stereocenters. The summed E-state index contributed by atoms with van der Waals surface area (Å²) in [5.41, 5.74) is 0.513. The number of hydrogen-bond donors (Lipinski definition) is 1. The summed E-state index contributed by atoms with van der Waals surface area (Å²) in [7, 11) is 3.56. The van der Waals surface area contributed by atoms with Crippen LogP contribution in [0.25, 0.3) is 0 Å². The van der Waals surface area contributed by atoms with Gasteiger partial charge in [0.2, 0.25) is 0 Å². The Balaban J connectivity index is 2.45. The van der Waals surface area contributed by atoms with Gasteiger partial charge in [-0.1, -0.05) is 0 Å². The van der Waals surface area contributed by atoms with E-state index in [2.05, 4.69) is 10.3 Å². The molecule has 1 N–H and O–H groups in total. The van der Waals surface area contributed by atoms with E-state index in [0.717, 1.165) is 6.07 Å². The number of nitrogens with one attached hydrogen (secondary N) is 1. The number of imidazole rings is 1. The topological polar surface area (TPSA) is 29.9 Å². The van der Waals surface area contributed by atoms with Crippen LogP contribution in [0.15, 0.2) is 30.6 Å². The zero-order valence-electron chi connectivity index (χ0n) is 9.61. The summed E-state index contributed by atoms with van der Waals surface area (Å²) in [6, 6.07) is 3.13. The van der Waals surface area contributed by atoms with Gasteiger partial charge in [0.25, 0.3) is 0 Å². The molecule has 1 atom stereocenters. The van der Waals surface area contributed by atoms with Gasteiger partial charge in [-0.3, -0.25) is 0 Å². The molecule has 0 saturated heterocycles. The smallest absolute Gasteiger partial charge is 0.130 e. The Bertz CT molecular complexity index is 502. The average molecular weight is 237 g/mol. The van der Waals surface area contributed by atoms with Crippen molar-refractivity contribution in [2.45, 2.75) is 6.04 Å². The van der Waals surface area contributed by atoms with Gasteiger partial charge in [0.1, 0.15) is 17.5 Å². The SMILES string of the molecule is CNC(c1cc(F)cc(F)c1)c1nccn1C. The molecule has 2 aromatic rings. The highest BCUT2D eigenvalue weighted by Gasteiger charge is 2.17. The van der Waals surface area contributed by atoms with E-state index in [9.17, 15) is 8.78 Å². The van der Waals surface area contributed by atoms with Crippen molar-refractivity contribution in [2.75, 3.05) is 7.05 Å². The van der Waals surface area contributed by atoms with E-state index < -0.39 is 11.6 Å². The number of aryl methyl sites for hydroxylation is 1. The van der Waals surface area contributed by atoms with Crippen LogP contribution >= 0.6 is 0 Å². The molecular formula is C12H13F2N3. The van der Waals surface area contributed by atoms with Crippen molar-refractivity contribution in [1.82, 2.24) is 14.9 Å². The Kier molecular flexibility index (Phi) is 3.19. The Morgan fingerprint density at radius 1 is 1.24 bits per heavy atom. The molecule has 1 aromatic carbocycles. The summed E-state index contributed by atoms with van der Waals surface area (Å²) >= 11 is 0. The molecule has 0 fully saturated rings. The standard InChI is InChI=1S/C12H13F2N3/c1-15-11(12-16-3-4-17(12)2)8-5-9(13)7-10(14)6-8/h3-7,11,15H,1-2H3. The van der Waals surface area contributed by atoms with Crippen molar-refractivity contribution in [3.8, 4) is 0 Å². The summed E-state index contributed by atoms with van der Waals surface area (Å²) in [6.45, 7) is 0. The number of aromatic nitrogens is 2. The van der Waals surface area contributed by atoms with E-state index >= 15 is 0 Å². The van der Waals surface area contributed by atoms with Gasteiger partial charge in [0.05, 0.1) is 6.04 Å². The lowest BCUT2D eigenvalue weighted by Crippen LogP contribution is -2.21. The molecule has 90 valence electrons. The molecule has 0 spiro atoms. The molecule has 0 radical (unpaired) electrons. The Morgan fingerprint density at radius 3 is 2.35 bits per heavy atom. The Hall–Kier alpha value is -1.75. The number of rotatable bonds is 3. The summed E-state index contributed by atoms with van der Waals surface area (Å²) < 4.78 is 28.2. The first-order valence-corrected chi connectivity index (χ1v) is 5.22. The van der Waals surface area contributed by atoms with E-state index in [1.54, 1.807) is 19.4 Å². The van der Waals surface area contributed by atoms with E-state index in [-0.39, 0.29) is 6.04 Å². The zero-order valence-corrected chi connectivity index (χ0v) is 9.61. The fourth-order valence-electron chi connectivity index (χ4n) is 1.84. The Morgan fingerprint density at radius 2 is 1.88 bits per heavy atom. The maximum atomic E-state index is 13.2. The lowest BCUT2D eigenvalue weighted by atomic mass is 10.1. The lowest BCUT2D eigenvalue weighted by Gasteiger charge is -2.16. The third kappa shape index (κ3) is 2.34. The van der Waals surface area contributed by atoms with Crippen LogP contribution in [-0.4, -0.2) is 16.6 Å². The van der Waals surface area contributed by atoms with Gasteiger partial charge in [-0.2, -0.15) is 0 Å². The highest BCUT2D eigenvalue weighted by atomic mass is 19.1. The second kappa shape index (κ2) is 4.63. The van der Waals surface area contributed by atoms with Gasteiger partial charge in [0, 0.05) is 25.5 Å². The predicted octanol–water partition coefficient (Wildman–Crippen LogP) is 2.01. The van der Waals surface area contributed by atoms with Gasteiger partial charge in [-0.05, 0) is 24.7 Å². The Labute approximate surface area is 98.1 Å². The normalized spacial score (nSPS) is 12.7. The molecule has 0 aliphatic heterocycles. The number of benzene rings is 1. The largest absolute Gasteiger partial charge is 0.336 e. The minimum Gasteiger partial charge on any atom is -0.336 e. The quantitative estimate of drug-likeness (QED) is 0.885. The average Bonchev–Trinajstić information content (AvgIpc) is 2.65. The van der Waals surface area contributed by atoms with Crippen molar-refractivity contribution in [3.05, 3.63) is 53.6 Å². The second-order valence-corrected chi connectivity index (χ2v) is 3.82. The fourth-order valence-corrected chi connectivity index (χ4v) is 1.84. The van der Waals surface area contributed by atoms with Crippen molar-refractivity contribution in [2.24, 2.45) is 7.05 Å². The summed E-state index contributed by atoms with van der Waals surface area (Å²) in [4.78, 5) is 4.18. The highest BCUT2D eigenvalue weighted by Crippen LogP contribution is 2.21. The monoisotopic (exact) mass is 237 g/mol. The van der Waals surface area contributed by atoms with Crippen LogP contribution in [0, 0.1) is 11.6 Å². The molecule has 0 saturated carbocycles. The first kappa shape index (κ1) is 11.7. The molecule has 0 aliphatic rings. The summed E-state index contributed by atoms with van der Waals surface area (Å²) in [5.74, 6) is -0.471. The van der Waals surface area contributed by atoms with Crippen molar-refractivity contribution >= 4 is 0 Å². The summed E-state index contributed by atoms with van der Waals surface area (Å²) in [5, 5.41) is 3.00. The van der Waals surface area contributed by atoms with Gasteiger partial charge in [0.15, 0.2) is 0 Å². The predicted molar refractivity (Wildman–Crippen MR) is 60.5 cm³/mol. The van der Waals surface area contributed by atoms with Crippen LogP contribution in [0.4, 0.5) is 8.78 Å². The summed E-state index contributed by atoms with van der Waals surface area (Å²) in [6.07, 6.45) is 3.44. The van der Waals surface area contributed by atoms with Crippen LogP contribution in [0.2, 0.25) is 0 Å². The van der Waals surface area contributed by atoms with Crippen LogP contribution < -0.4 is 5.32 Å². The third-order valence-electron chi connectivity index (χ3n) is 2.62.